The van der Waals surface area contributed by atoms with Gasteiger partial charge in [0.1, 0.15) is 0 Å². The molecule has 0 aromatic carbocycles. The van der Waals surface area contributed by atoms with Crippen LogP contribution in [-0.2, 0) is 0 Å². The van der Waals surface area contributed by atoms with E-state index in [1.165, 1.54) is 5.57 Å². The molecule has 0 fully saturated rings. The first kappa shape index (κ1) is 10.5. The third kappa shape index (κ3) is 4.02. The molecular formula is C10H18O. The fourth-order valence-corrected chi connectivity index (χ4v) is 0.547. The fraction of sp³-hybridized carbons (Fsp3) is 0.700. The summed E-state index contributed by atoms with van der Waals surface area (Å²) in [6.45, 7) is 10.4. The SMILES string of the molecule is CC(=C=C(C)C(C)(C)C)CO. The predicted molar refractivity (Wildman–Crippen MR) is 48.4 cm³/mol. The summed E-state index contributed by atoms with van der Waals surface area (Å²) in [6.07, 6.45) is 0. The van der Waals surface area contributed by atoms with E-state index in [1.54, 1.807) is 0 Å². The smallest absolute Gasteiger partial charge is 0.0713 e. The number of hydrogen-bond acceptors (Lipinski definition) is 1. The molecule has 0 bridgehead atoms. The second-order valence-electron chi connectivity index (χ2n) is 3.94. The van der Waals surface area contributed by atoms with Crippen LogP contribution in [0.4, 0.5) is 0 Å². The van der Waals surface area contributed by atoms with Crippen molar-refractivity contribution in [2.75, 3.05) is 6.61 Å². The van der Waals surface area contributed by atoms with Gasteiger partial charge in [-0.25, -0.2) is 0 Å². The number of hydrogen-bond donors (Lipinski definition) is 1. The van der Waals surface area contributed by atoms with Crippen LogP contribution in [0.3, 0.4) is 0 Å². The van der Waals surface area contributed by atoms with Crippen molar-refractivity contribution in [2.24, 2.45) is 5.41 Å². The largest absolute Gasteiger partial charge is 0.391 e. The van der Waals surface area contributed by atoms with Crippen LogP contribution in [0.5, 0.6) is 0 Å². The van der Waals surface area contributed by atoms with Gasteiger partial charge in [-0.2, -0.15) is 0 Å². The van der Waals surface area contributed by atoms with Crippen LogP contribution in [0.15, 0.2) is 16.9 Å². The molecule has 0 spiro atoms. The van der Waals surface area contributed by atoms with Crippen molar-refractivity contribution in [1.82, 2.24) is 0 Å². The van der Waals surface area contributed by atoms with Gasteiger partial charge in [0.15, 0.2) is 0 Å². The lowest BCUT2D eigenvalue weighted by Crippen LogP contribution is -2.05. The zero-order chi connectivity index (χ0) is 9.07. The van der Waals surface area contributed by atoms with Gasteiger partial charge in [-0.1, -0.05) is 20.8 Å². The third-order valence-electron chi connectivity index (χ3n) is 1.76. The van der Waals surface area contributed by atoms with E-state index in [-0.39, 0.29) is 12.0 Å². The normalized spacial score (nSPS) is 10.7. The zero-order valence-electron chi connectivity index (χ0n) is 8.15. The summed E-state index contributed by atoms with van der Waals surface area (Å²) in [5.41, 5.74) is 5.40. The molecule has 64 valence electrons. The van der Waals surface area contributed by atoms with Crippen LogP contribution in [0.25, 0.3) is 0 Å². The molecule has 0 atom stereocenters. The predicted octanol–water partition coefficient (Wildman–Crippen LogP) is 2.52. The first-order valence-corrected chi connectivity index (χ1v) is 3.92. The van der Waals surface area contributed by atoms with Crippen molar-refractivity contribution < 1.29 is 5.11 Å². The van der Waals surface area contributed by atoms with Crippen molar-refractivity contribution in [2.45, 2.75) is 34.6 Å². The Morgan fingerprint density at radius 1 is 1.27 bits per heavy atom. The molecule has 1 nitrogen and oxygen atoms in total. The second-order valence-corrected chi connectivity index (χ2v) is 3.94. The molecule has 0 aromatic rings. The summed E-state index contributed by atoms with van der Waals surface area (Å²) in [4.78, 5) is 0. The van der Waals surface area contributed by atoms with Gasteiger partial charge in [0.05, 0.1) is 6.61 Å². The number of aliphatic hydroxyl groups excluding tert-OH is 1. The second kappa shape index (κ2) is 3.75. The fourth-order valence-electron chi connectivity index (χ4n) is 0.547. The van der Waals surface area contributed by atoms with Crippen LogP contribution < -0.4 is 0 Å². The Morgan fingerprint density at radius 2 is 1.73 bits per heavy atom. The standard InChI is InChI=1S/C10H18O/c1-8(7-11)6-9(2)10(3,4)5/h11H,7H2,1-5H3. The lowest BCUT2D eigenvalue weighted by Gasteiger charge is -2.17. The molecule has 0 amide bonds. The van der Waals surface area contributed by atoms with Crippen LogP contribution in [0, 0.1) is 5.41 Å². The minimum absolute atomic E-state index is 0.105. The Bertz CT molecular complexity index is 187. The maximum Gasteiger partial charge on any atom is 0.0713 e. The van der Waals surface area contributed by atoms with E-state index in [4.69, 9.17) is 5.11 Å². The van der Waals surface area contributed by atoms with Gasteiger partial charge in [0, 0.05) is 0 Å². The van der Waals surface area contributed by atoms with E-state index in [9.17, 15) is 0 Å². The minimum Gasteiger partial charge on any atom is -0.391 e. The molecule has 0 unspecified atom stereocenters. The molecule has 0 saturated heterocycles. The Labute approximate surface area is 69.4 Å². The van der Waals surface area contributed by atoms with E-state index < -0.39 is 0 Å². The highest BCUT2D eigenvalue weighted by Gasteiger charge is 2.11. The van der Waals surface area contributed by atoms with E-state index in [0.717, 1.165) is 5.57 Å². The molecule has 0 aliphatic carbocycles. The lowest BCUT2D eigenvalue weighted by molar-refractivity contribution is 0.331. The average molecular weight is 154 g/mol. The van der Waals surface area contributed by atoms with E-state index in [0.29, 0.717) is 0 Å². The van der Waals surface area contributed by atoms with Crippen LogP contribution in [-0.4, -0.2) is 11.7 Å². The highest BCUT2D eigenvalue weighted by molar-refractivity contribution is 5.11. The lowest BCUT2D eigenvalue weighted by atomic mass is 9.88. The van der Waals surface area contributed by atoms with E-state index in [1.807, 2.05) is 13.8 Å². The third-order valence-corrected chi connectivity index (χ3v) is 1.76. The highest BCUT2D eigenvalue weighted by atomic mass is 16.3. The average Bonchev–Trinajstić information content (AvgIpc) is 1.85. The van der Waals surface area contributed by atoms with Gasteiger partial charge in [0.2, 0.25) is 0 Å². The molecule has 0 rings (SSSR count). The number of aliphatic hydroxyl groups is 1. The van der Waals surface area contributed by atoms with Gasteiger partial charge in [0.25, 0.3) is 0 Å². The maximum atomic E-state index is 8.74. The molecule has 0 saturated carbocycles. The summed E-state index contributed by atoms with van der Waals surface area (Å²) in [5, 5.41) is 8.74. The first-order chi connectivity index (χ1) is 4.88. The molecule has 0 radical (unpaired) electrons. The van der Waals surface area contributed by atoms with Crippen LogP contribution in [0.2, 0.25) is 0 Å². The van der Waals surface area contributed by atoms with Crippen LogP contribution in [0.1, 0.15) is 34.6 Å². The quantitative estimate of drug-likeness (QED) is 0.575. The van der Waals surface area contributed by atoms with Crippen molar-refractivity contribution >= 4 is 0 Å². The summed E-state index contributed by atoms with van der Waals surface area (Å²) < 4.78 is 0. The Balaban J connectivity index is 4.72. The molecule has 0 aliphatic heterocycles. The van der Waals surface area contributed by atoms with Crippen molar-refractivity contribution in [3.05, 3.63) is 16.9 Å². The van der Waals surface area contributed by atoms with Crippen molar-refractivity contribution in [3.8, 4) is 0 Å². The van der Waals surface area contributed by atoms with Gasteiger partial charge in [-0.3, -0.25) is 0 Å². The van der Waals surface area contributed by atoms with E-state index in [2.05, 4.69) is 26.5 Å². The monoisotopic (exact) mass is 154 g/mol. The Morgan fingerprint density at radius 3 is 2.00 bits per heavy atom. The van der Waals surface area contributed by atoms with Crippen molar-refractivity contribution in [3.63, 3.8) is 0 Å². The van der Waals surface area contributed by atoms with Gasteiger partial charge < -0.3 is 5.11 Å². The van der Waals surface area contributed by atoms with Crippen molar-refractivity contribution in [1.29, 1.82) is 0 Å². The first-order valence-electron chi connectivity index (χ1n) is 3.92. The number of rotatable bonds is 1. The van der Waals surface area contributed by atoms with E-state index >= 15 is 0 Å². The molecule has 11 heavy (non-hydrogen) atoms. The highest BCUT2D eigenvalue weighted by Crippen LogP contribution is 2.23. The van der Waals surface area contributed by atoms with Gasteiger partial charge >= 0.3 is 0 Å². The molecule has 1 heteroatoms. The molecular weight excluding hydrogens is 136 g/mol. The van der Waals surface area contributed by atoms with Gasteiger partial charge in [-0.15, -0.1) is 5.73 Å². The Hall–Kier alpha value is -0.520. The van der Waals surface area contributed by atoms with Crippen LogP contribution >= 0.6 is 0 Å². The summed E-state index contributed by atoms with van der Waals surface area (Å²) in [5.74, 6) is 0. The molecule has 1 N–H and O–H groups in total. The Kier molecular flexibility index (Phi) is 3.57. The topological polar surface area (TPSA) is 20.2 Å². The molecule has 0 heterocycles. The zero-order valence-corrected chi connectivity index (χ0v) is 8.15. The minimum atomic E-state index is 0.105. The molecule has 0 aliphatic rings. The summed E-state index contributed by atoms with van der Waals surface area (Å²) in [6, 6.07) is 0. The summed E-state index contributed by atoms with van der Waals surface area (Å²) >= 11 is 0. The maximum absolute atomic E-state index is 8.74. The van der Waals surface area contributed by atoms with Gasteiger partial charge in [-0.05, 0) is 30.4 Å². The summed E-state index contributed by atoms with van der Waals surface area (Å²) in [7, 11) is 0. The molecule has 0 aromatic heterocycles.